The number of carbonyl (C=O) groups is 2. The molecule has 1 atom stereocenters. The number of aromatic hydroxyl groups is 1. The fraction of sp³-hybridized carbons (Fsp3) is 0.263. The summed E-state index contributed by atoms with van der Waals surface area (Å²) in [6.07, 6.45) is -0.689. The number of morpholine rings is 1. The molecule has 1 saturated heterocycles. The van der Waals surface area contributed by atoms with E-state index in [2.05, 4.69) is 10.6 Å². The molecule has 0 radical (unpaired) electrons. The van der Waals surface area contributed by atoms with Gasteiger partial charge in [-0.25, -0.2) is 4.79 Å². The molecule has 0 aliphatic carbocycles. The second-order valence-corrected chi connectivity index (χ2v) is 5.86. The topological polar surface area (TPSA) is 96.9 Å². The molecular formula is C19H20N2O5. The molecule has 7 nitrogen and oxygen atoms in total. The zero-order valence-electron chi connectivity index (χ0n) is 14.1. The van der Waals surface area contributed by atoms with Gasteiger partial charge in [0.15, 0.2) is 5.78 Å². The van der Waals surface area contributed by atoms with Crippen molar-refractivity contribution in [1.29, 1.82) is 0 Å². The molecule has 3 rings (SSSR count). The lowest BCUT2D eigenvalue weighted by Crippen LogP contribution is -2.46. The second-order valence-electron chi connectivity index (χ2n) is 5.86. The molecule has 136 valence electrons. The molecule has 1 amide bonds. The van der Waals surface area contributed by atoms with Crippen molar-refractivity contribution in [3.8, 4) is 5.75 Å². The highest BCUT2D eigenvalue weighted by Gasteiger charge is 2.23. The summed E-state index contributed by atoms with van der Waals surface area (Å²) in [5.74, 6) is -0.373. The molecule has 2 aromatic carbocycles. The Balaban J connectivity index is 1.58. The normalized spacial score (nSPS) is 16.7. The second kappa shape index (κ2) is 8.46. The van der Waals surface area contributed by atoms with E-state index >= 15 is 0 Å². The predicted octanol–water partition coefficient (Wildman–Crippen LogP) is 2.31. The van der Waals surface area contributed by atoms with Crippen LogP contribution in [0.5, 0.6) is 5.75 Å². The summed E-state index contributed by atoms with van der Waals surface area (Å²) in [5, 5.41) is 15.6. The Bertz CT molecular complexity index is 773. The van der Waals surface area contributed by atoms with Crippen molar-refractivity contribution in [2.24, 2.45) is 0 Å². The van der Waals surface area contributed by atoms with Gasteiger partial charge in [0.1, 0.15) is 12.4 Å². The van der Waals surface area contributed by atoms with Gasteiger partial charge in [-0.1, -0.05) is 30.3 Å². The number of ether oxygens (including phenoxy) is 2. The van der Waals surface area contributed by atoms with E-state index in [-0.39, 0.29) is 23.8 Å². The lowest BCUT2D eigenvalue weighted by Gasteiger charge is -2.22. The van der Waals surface area contributed by atoms with Gasteiger partial charge in [-0.2, -0.15) is 0 Å². The first-order chi connectivity index (χ1) is 12.6. The van der Waals surface area contributed by atoms with Gasteiger partial charge in [0.05, 0.1) is 24.9 Å². The first kappa shape index (κ1) is 17.9. The molecule has 0 aromatic heterocycles. The Labute approximate surface area is 150 Å². The van der Waals surface area contributed by atoms with Gasteiger partial charge in [0.25, 0.3) is 0 Å². The van der Waals surface area contributed by atoms with Crippen molar-refractivity contribution in [1.82, 2.24) is 5.32 Å². The number of phenolic OH excluding ortho intramolecular Hbond substituents is 1. The van der Waals surface area contributed by atoms with Gasteiger partial charge in [0, 0.05) is 12.1 Å². The monoisotopic (exact) mass is 356 g/mol. The van der Waals surface area contributed by atoms with E-state index in [4.69, 9.17) is 9.47 Å². The molecule has 26 heavy (non-hydrogen) atoms. The third-order valence-electron chi connectivity index (χ3n) is 3.97. The van der Waals surface area contributed by atoms with E-state index in [9.17, 15) is 14.7 Å². The van der Waals surface area contributed by atoms with Crippen LogP contribution in [-0.2, 0) is 16.1 Å². The zero-order chi connectivity index (χ0) is 18.4. The quantitative estimate of drug-likeness (QED) is 0.562. The highest BCUT2D eigenvalue weighted by molar-refractivity contribution is 6.01. The van der Waals surface area contributed by atoms with Gasteiger partial charge in [0.2, 0.25) is 0 Å². The van der Waals surface area contributed by atoms with Crippen molar-refractivity contribution in [3.63, 3.8) is 0 Å². The van der Waals surface area contributed by atoms with Crippen molar-refractivity contribution in [2.45, 2.75) is 12.6 Å². The largest absolute Gasteiger partial charge is 0.506 e. The van der Waals surface area contributed by atoms with Crippen molar-refractivity contribution >= 4 is 17.6 Å². The van der Waals surface area contributed by atoms with Crippen molar-refractivity contribution in [3.05, 3.63) is 59.7 Å². The maximum absolute atomic E-state index is 12.4. The molecule has 1 aliphatic rings. The first-order valence-electron chi connectivity index (χ1n) is 8.29. The number of hydrogen-bond donors (Lipinski definition) is 3. The number of amides is 1. The third-order valence-corrected chi connectivity index (χ3v) is 3.97. The molecule has 2 aromatic rings. The summed E-state index contributed by atoms with van der Waals surface area (Å²) in [5.41, 5.74) is 1.37. The Morgan fingerprint density at radius 2 is 2.04 bits per heavy atom. The smallest absolute Gasteiger partial charge is 0.412 e. The predicted molar refractivity (Wildman–Crippen MR) is 95.3 cm³/mol. The number of Topliss-reactive ketones (excluding diaryl/α,β-unsaturated/α-hetero) is 1. The summed E-state index contributed by atoms with van der Waals surface area (Å²) in [6.45, 7) is 1.60. The van der Waals surface area contributed by atoms with Gasteiger partial charge >= 0.3 is 6.09 Å². The van der Waals surface area contributed by atoms with Gasteiger partial charge in [-0.05, 0) is 23.8 Å². The third kappa shape index (κ3) is 4.59. The molecule has 1 heterocycles. The van der Waals surface area contributed by atoms with E-state index in [0.29, 0.717) is 25.3 Å². The summed E-state index contributed by atoms with van der Waals surface area (Å²) in [4.78, 5) is 24.2. The molecule has 7 heteroatoms. The van der Waals surface area contributed by atoms with Crippen LogP contribution in [0.3, 0.4) is 0 Å². The Morgan fingerprint density at radius 1 is 1.23 bits per heavy atom. The van der Waals surface area contributed by atoms with Crippen LogP contribution in [0.2, 0.25) is 0 Å². The molecule has 0 spiro atoms. The molecule has 1 fully saturated rings. The molecular weight excluding hydrogens is 336 g/mol. The molecule has 0 saturated carbocycles. The maximum Gasteiger partial charge on any atom is 0.412 e. The highest BCUT2D eigenvalue weighted by Crippen LogP contribution is 2.25. The number of nitrogens with one attached hydrogen (secondary N) is 2. The van der Waals surface area contributed by atoms with E-state index in [0.717, 1.165) is 5.56 Å². The van der Waals surface area contributed by atoms with Crippen LogP contribution < -0.4 is 10.6 Å². The minimum atomic E-state index is -0.689. The van der Waals surface area contributed by atoms with E-state index in [1.807, 2.05) is 30.3 Å². The van der Waals surface area contributed by atoms with Crippen molar-refractivity contribution < 1.29 is 24.2 Å². The SMILES string of the molecule is O=C(Nc1ccc(C(=O)C2COCCN2)cc1O)OCc1ccccc1. The van der Waals surface area contributed by atoms with Crippen LogP contribution in [0.1, 0.15) is 15.9 Å². The lowest BCUT2D eigenvalue weighted by atomic mass is 10.0. The van der Waals surface area contributed by atoms with Crippen LogP contribution in [-0.4, -0.2) is 42.8 Å². The number of rotatable bonds is 5. The standard InChI is InChI=1S/C19H20N2O5/c22-17-10-14(18(23)16-12-25-9-8-20-16)6-7-15(17)21-19(24)26-11-13-4-2-1-3-5-13/h1-7,10,16,20,22H,8-9,11-12H2,(H,21,24). The summed E-state index contributed by atoms with van der Waals surface area (Å²) in [6, 6.07) is 13.2. The Hall–Kier alpha value is -2.90. The average molecular weight is 356 g/mol. The van der Waals surface area contributed by atoms with Gasteiger partial charge in [-0.15, -0.1) is 0 Å². The van der Waals surface area contributed by atoms with Crippen LogP contribution in [0, 0.1) is 0 Å². The van der Waals surface area contributed by atoms with E-state index < -0.39 is 12.1 Å². The highest BCUT2D eigenvalue weighted by atomic mass is 16.5. The molecule has 1 unspecified atom stereocenters. The number of carbonyl (C=O) groups excluding carboxylic acids is 2. The first-order valence-corrected chi connectivity index (χ1v) is 8.29. The van der Waals surface area contributed by atoms with Crippen LogP contribution in [0.4, 0.5) is 10.5 Å². The van der Waals surface area contributed by atoms with E-state index in [1.165, 1.54) is 12.1 Å². The van der Waals surface area contributed by atoms with Gasteiger partial charge < -0.3 is 19.9 Å². The van der Waals surface area contributed by atoms with E-state index in [1.54, 1.807) is 6.07 Å². The summed E-state index contributed by atoms with van der Waals surface area (Å²) in [7, 11) is 0. The van der Waals surface area contributed by atoms with Crippen molar-refractivity contribution in [2.75, 3.05) is 25.1 Å². The number of anilines is 1. The zero-order valence-corrected chi connectivity index (χ0v) is 14.1. The van der Waals surface area contributed by atoms with Crippen LogP contribution in [0.25, 0.3) is 0 Å². The number of ketones is 1. The maximum atomic E-state index is 12.4. The summed E-state index contributed by atoms with van der Waals surface area (Å²) >= 11 is 0. The lowest BCUT2D eigenvalue weighted by molar-refractivity contribution is 0.0607. The minimum absolute atomic E-state index is 0.122. The fourth-order valence-electron chi connectivity index (χ4n) is 2.59. The number of phenols is 1. The van der Waals surface area contributed by atoms with Crippen LogP contribution >= 0.6 is 0 Å². The number of hydrogen-bond acceptors (Lipinski definition) is 6. The van der Waals surface area contributed by atoms with Crippen LogP contribution in [0.15, 0.2) is 48.5 Å². The van der Waals surface area contributed by atoms with Gasteiger partial charge in [-0.3, -0.25) is 10.1 Å². The Morgan fingerprint density at radius 3 is 2.73 bits per heavy atom. The number of benzene rings is 2. The summed E-state index contributed by atoms with van der Waals surface area (Å²) < 4.78 is 10.4. The fourth-order valence-corrected chi connectivity index (χ4v) is 2.59. The molecule has 3 N–H and O–H groups in total. The Kier molecular flexibility index (Phi) is 5.83. The average Bonchev–Trinajstić information content (AvgIpc) is 2.69. The molecule has 0 bridgehead atoms. The minimum Gasteiger partial charge on any atom is -0.506 e. The molecule has 1 aliphatic heterocycles.